The molecule has 1 aromatic heterocycles. The Morgan fingerprint density at radius 2 is 2.16 bits per heavy atom. The van der Waals surface area contributed by atoms with Gasteiger partial charge >= 0.3 is 0 Å². The summed E-state index contributed by atoms with van der Waals surface area (Å²) in [5.74, 6) is 0.811. The van der Waals surface area contributed by atoms with E-state index in [0.717, 1.165) is 31.8 Å². The maximum absolute atomic E-state index is 4.74. The van der Waals surface area contributed by atoms with E-state index in [1.165, 1.54) is 11.3 Å². The second-order valence-electron chi connectivity index (χ2n) is 6.52. The summed E-state index contributed by atoms with van der Waals surface area (Å²) in [7, 11) is 3.98. The van der Waals surface area contributed by atoms with Gasteiger partial charge in [-0.2, -0.15) is 0 Å². The average molecular weight is 262 g/mol. The van der Waals surface area contributed by atoms with Gasteiger partial charge in [-0.3, -0.25) is 0 Å². The Balaban J connectivity index is 2.32. The third-order valence-corrected chi connectivity index (χ3v) is 3.71. The van der Waals surface area contributed by atoms with Gasteiger partial charge in [0.2, 0.25) is 5.95 Å². The van der Waals surface area contributed by atoms with Crippen LogP contribution in [0, 0.1) is 5.41 Å². The number of hydrogen-bond donors (Lipinski definition) is 1. The van der Waals surface area contributed by atoms with Crippen LogP contribution in [0.2, 0.25) is 0 Å². The minimum Gasteiger partial charge on any atom is -0.347 e. The Hall–Kier alpha value is -1.16. The van der Waals surface area contributed by atoms with Gasteiger partial charge in [0.25, 0.3) is 0 Å². The molecule has 4 nitrogen and oxygen atoms in total. The lowest BCUT2D eigenvalue weighted by atomic mass is 9.74. The van der Waals surface area contributed by atoms with Crippen molar-refractivity contribution in [2.24, 2.45) is 5.41 Å². The van der Waals surface area contributed by atoms with Crippen LogP contribution in [0.5, 0.6) is 0 Å². The van der Waals surface area contributed by atoms with Gasteiger partial charge in [-0.1, -0.05) is 20.8 Å². The van der Waals surface area contributed by atoms with E-state index >= 15 is 0 Å². The van der Waals surface area contributed by atoms with Gasteiger partial charge in [-0.15, -0.1) is 0 Å². The Morgan fingerprint density at radius 3 is 2.79 bits per heavy atom. The fourth-order valence-electron chi connectivity index (χ4n) is 2.75. The highest BCUT2D eigenvalue weighted by Gasteiger charge is 2.33. The van der Waals surface area contributed by atoms with E-state index in [1.807, 2.05) is 25.2 Å². The van der Waals surface area contributed by atoms with Gasteiger partial charge in [0, 0.05) is 31.9 Å². The molecule has 1 aliphatic carbocycles. The van der Waals surface area contributed by atoms with Crippen LogP contribution in [0.1, 0.15) is 50.9 Å². The second-order valence-corrected chi connectivity index (χ2v) is 6.52. The molecule has 0 aliphatic heterocycles. The van der Waals surface area contributed by atoms with Crippen molar-refractivity contribution < 1.29 is 0 Å². The van der Waals surface area contributed by atoms with E-state index in [2.05, 4.69) is 31.1 Å². The van der Waals surface area contributed by atoms with Crippen LogP contribution < -0.4 is 10.2 Å². The first kappa shape index (κ1) is 14.3. The standard InChI is InChI=1S/C15H26N4/c1-6-7-16-12-8-15(2,3)9-13-11(12)10-17-14(18-13)19(4)5/h10,12,16H,6-9H2,1-5H3. The molecule has 2 rings (SSSR count). The van der Waals surface area contributed by atoms with Crippen molar-refractivity contribution >= 4 is 5.95 Å². The Kier molecular flexibility index (Phi) is 4.09. The van der Waals surface area contributed by atoms with Gasteiger partial charge in [0.1, 0.15) is 0 Å². The molecule has 1 aromatic rings. The van der Waals surface area contributed by atoms with E-state index in [1.54, 1.807) is 0 Å². The van der Waals surface area contributed by atoms with Crippen molar-refractivity contribution in [1.29, 1.82) is 0 Å². The van der Waals surface area contributed by atoms with Crippen molar-refractivity contribution in [1.82, 2.24) is 15.3 Å². The van der Waals surface area contributed by atoms with E-state index < -0.39 is 0 Å². The molecule has 4 heteroatoms. The number of nitrogens with one attached hydrogen (secondary N) is 1. The molecule has 1 aliphatic rings. The molecule has 1 N–H and O–H groups in total. The summed E-state index contributed by atoms with van der Waals surface area (Å²) in [6.07, 6.45) is 5.36. The van der Waals surface area contributed by atoms with Gasteiger partial charge in [0.15, 0.2) is 0 Å². The Labute approximate surface area is 116 Å². The highest BCUT2D eigenvalue weighted by atomic mass is 15.2. The number of rotatable bonds is 4. The maximum atomic E-state index is 4.74. The largest absolute Gasteiger partial charge is 0.347 e. The fraction of sp³-hybridized carbons (Fsp3) is 0.733. The molecule has 0 bridgehead atoms. The lowest BCUT2D eigenvalue weighted by molar-refractivity contribution is 0.254. The first-order valence-corrected chi connectivity index (χ1v) is 7.19. The van der Waals surface area contributed by atoms with Crippen LogP contribution in [0.4, 0.5) is 5.95 Å². The summed E-state index contributed by atoms with van der Waals surface area (Å²) in [6.45, 7) is 7.91. The maximum Gasteiger partial charge on any atom is 0.225 e. The topological polar surface area (TPSA) is 41.1 Å². The molecule has 0 saturated carbocycles. The van der Waals surface area contributed by atoms with Gasteiger partial charge < -0.3 is 10.2 Å². The molecule has 1 atom stereocenters. The highest BCUT2D eigenvalue weighted by molar-refractivity contribution is 5.35. The summed E-state index contributed by atoms with van der Waals surface area (Å²) in [5.41, 5.74) is 2.80. The Bertz CT molecular complexity index is 440. The molecule has 1 unspecified atom stereocenters. The van der Waals surface area contributed by atoms with Crippen LogP contribution in [-0.2, 0) is 6.42 Å². The molecular weight excluding hydrogens is 236 g/mol. The second kappa shape index (κ2) is 5.45. The summed E-state index contributed by atoms with van der Waals surface area (Å²) < 4.78 is 0. The van der Waals surface area contributed by atoms with Crippen LogP contribution in [0.15, 0.2) is 6.20 Å². The van der Waals surface area contributed by atoms with Crippen LogP contribution >= 0.6 is 0 Å². The van der Waals surface area contributed by atoms with Crippen molar-refractivity contribution in [3.8, 4) is 0 Å². The lowest BCUT2D eigenvalue weighted by Crippen LogP contribution is -2.35. The number of nitrogens with zero attached hydrogens (tertiary/aromatic N) is 3. The van der Waals surface area contributed by atoms with Gasteiger partial charge in [-0.05, 0) is 31.2 Å². The monoisotopic (exact) mass is 262 g/mol. The number of anilines is 1. The number of aromatic nitrogens is 2. The lowest BCUT2D eigenvalue weighted by Gasteiger charge is -2.36. The highest BCUT2D eigenvalue weighted by Crippen LogP contribution is 2.39. The van der Waals surface area contributed by atoms with Crippen LogP contribution in [-0.4, -0.2) is 30.6 Å². The van der Waals surface area contributed by atoms with Gasteiger partial charge in [-0.25, -0.2) is 9.97 Å². The zero-order chi connectivity index (χ0) is 14.0. The molecule has 0 saturated heterocycles. The van der Waals surface area contributed by atoms with E-state index in [-0.39, 0.29) is 0 Å². The summed E-state index contributed by atoms with van der Waals surface area (Å²) in [6, 6.07) is 0.398. The van der Waals surface area contributed by atoms with Crippen molar-refractivity contribution in [3.05, 3.63) is 17.5 Å². The van der Waals surface area contributed by atoms with Crippen molar-refractivity contribution in [3.63, 3.8) is 0 Å². The smallest absolute Gasteiger partial charge is 0.225 e. The molecule has 1 heterocycles. The molecule has 106 valence electrons. The fourth-order valence-corrected chi connectivity index (χ4v) is 2.75. The average Bonchev–Trinajstić information content (AvgIpc) is 2.33. The molecule has 0 radical (unpaired) electrons. The predicted molar refractivity (Wildman–Crippen MR) is 79.5 cm³/mol. The molecular formula is C15H26N4. The quantitative estimate of drug-likeness (QED) is 0.905. The van der Waals surface area contributed by atoms with Crippen LogP contribution in [0.3, 0.4) is 0 Å². The van der Waals surface area contributed by atoms with E-state index in [0.29, 0.717) is 11.5 Å². The third kappa shape index (κ3) is 3.24. The predicted octanol–water partition coefficient (Wildman–Crippen LogP) is 2.56. The number of fused-ring (bicyclic) bond motifs is 1. The molecule has 19 heavy (non-hydrogen) atoms. The van der Waals surface area contributed by atoms with Crippen LogP contribution in [0.25, 0.3) is 0 Å². The third-order valence-electron chi connectivity index (χ3n) is 3.71. The van der Waals surface area contributed by atoms with Crippen molar-refractivity contribution in [2.75, 3.05) is 25.5 Å². The minimum absolute atomic E-state index is 0.302. The van der Waals surface area contributed by atoms with E-state index in [4.69, 9.17) is 4.98 Å². The zero-order valence-electron chi connectivity index (χ0n) is 12.8. The SMILES string of the molecule is CCCNC1CC(C)(C)Cc2nc(N(C)C)ncc21. The van der Waals surface area contributed by atoms with Gasteiger partial charge in [0.05, 0.1) is 5.69 Å². The first-order chi connectivity index (χ1) is 8.93. The Morgan fingerprint density at radius 1 is 1.42 bits per heavy atom. The minimum atomic E-state index is 0.302. The van der Waals surface area contributed by atoms with E-state index in [9.17, 15) is 0 Å². The molecule has 0 spiro atoms. The molecule has 0 fully saturated rings. The van der Waals surface area contributed by atoms with Crippen molar-refractivity contribution in [2.45, 2.75) is 46.1 Å². The summed E-state index contributed by atoms with van der Waals surface area (Å²) in [4.78, 5) is 11.2. The normalized spacial score (nSPS) is 21.0. The molecule has 0 aromatic carbocycles. The molecule has 0 amide bonds. The summed E-state index contributed by atoms with van der Waals surface area (Å²) in [5, 5.41) is 3.64. The first-order valence-electron chi connectivity index (χ1n) is 7.19. The number of hydrogen-bond acceptors (Lipinski definition) is 4. The zero-order valence-corrected chi connectivity index (χ0v) is 12.8. The summed E-state index contributed by atoms with van der Waals surface area (Å²) >= 11 is 0.